The Kier molecular flexibility index (Phi) is 4.02. The van der Waals surface area contributed by atoms with Crippen LogP contribution in [0.3, 0.4) is 0 Å². The van der Waals surface area contributed by atoms with Gasteiger partial charge in [-0.1, -0.05) is 31.8 Å². The van der Waals surface area contributed by atoms with E-state index in [-0.39, 0.29) is 11.5 Å². The average molecular weight is 253 g/mol. The smallest absolute Gasteiger partial charge is 0.230 e. The Labute approximate surface area is 108 Å². The molecule has 0 bridgehead atoms. The Balaban J connectivity index is 2.13. The van der Waals surface area contributed by atoms with E-state index in [1.807, 2.05) is 0 Å². The quantitative estimate of drug-likeness (QED) is 0.891. The molecule has 0 spiro atoms. The third-order valence-electron chi connectivity index (χ3n) is 3.94. The van der Waals surface area contributed by atoms with Crippen LogP contribution in [0.5, 0.6) is 0 Å². The first-order valence-electron chi connectivity index (χ1n) is 6.62. The summed E-state index contributed by atoms with van der Waals surface area (Å²) >= 11 is 0. The van der Waals surface area contributed by atoms with E-state index >= 15 is 0 Å². The van der Waals surface area contributed by atoms with Crippen molar-refractivity contribution in [2.45, 2.75) is 51.5 Å². The summed E-state index contributed by atoms with van der Waals surface area (Å²) < 4.78 is 10.4. The number of ether oxygens (including phenoxy) is 1. The van der Waals surface area contributed by atoms with Crippen LogP contribution in [0.15, 0.2) is 4.52 Å². The van der Waals surface area contributed by atoms with Gasteiger partial charge in [0.2, 0.25) is 5.89 Å². The molecule has 2 N–H and O–H groups in total. The highest BCUT2D eigenvalue weighted by Crippen LogP contribution is 2.46. The SMILES string of the molecule is COCC(N)c1noc(C2CCCCC2(C)C)n1. The lowest BCUT2D eigenvalue weighted by Gasteiger charge is -2.36. The summed E-state index contributed by atoms with van der Waals surface area (Å²) in [4.78, 5) is 4.47. The van der Waals surface area contributed by atoms with Crippen molar-refractivity contribution in [2.24, 2.45) is 11.1 Å². The number of aromatic nitrogens is 2. The highest BCUT2D eigenvalue weighted by atomic mass is 16.5. The van der Waals surface area contributed by atoms with Gasteiger partial charge in [0.1, 0.15) is 0 Å². The van der Waals surface area contributed by atoms with Gasteiger partial charge in [0.15, 0.2) is 5.82 Å². The summed E-state index contributed by atoms with van der Waals surface area (Å²) in [6.07, 6.45) is 4.84. The van der Waals surface area contributed by atoms with E-state index in [1.165, 1.54) is 19.3 Å². The van der Waals surface area contributed by atoms with Crippen molar-refractivity contribution in [1.82, 2.24) is 10.1 Å². The molecule has 2 atom stereocenters. The average Bonchev–Trinajstić information content (AvgIpc) is 2.78. The molecule has 1 saturated carbocycles. The number of hydrogen-bond donors (Lipinski definition) is 1. The molecule has 5 nitrogen and oxygen atoms in total. The molecule has 18 heavy (non-hydrogen) atoms. The fourth-order valence-electron chi connectivity index (χ4n) is 2.75. The number of nitrogens with two attached hydrogens (primary N) is 1. The van der Waals surface area contributed by atoms with Crippen LogP contribution >= 0.6 is 0 Å². The van der Waals surface area contributed by atoms with Gasteiger partial charge < -0.3 is 15.0 Å². The summed E-state index contributed by atoms with van der Waals surface area (Å²) in [5.74, 6) is 1.64. The molecule has 1 heterocycles. The lowest BCUT2D eigenvalue weighted by Crippen LogP contribution is -2.26. The van der Waals surface area contributed by atoms with Crippen LogP contribution in [-0.2, 0) is 4.74 Å². The molecule has 2 rings (SSSR count). The molecule has 0 amide bonds. The Morgan fingerprint density at radius 2 is 2.28 bits per heavy atom. The lowest BCUT2D eigenvalue weighted by molar-refractivity contribution is 0.163. The van der Waals surface area contributed by atoms with Gasteiger partial charge in [-0.15, -0.1) is 0 Å². The summed E-state index contributed by atoms with van der Waals surface area (Å²) in [6.45, 7) is 4.96. The Hall–Kier alpha value is -0.940. The molecule has 1 aromatic rings. The molecule has 5 heteroatoms. The number of methoxy groups -OCH3 is 1. The fraction of sp³-hybridized carbons (Fsp3) is 0.846. The number of rotatable bonds is 4. The zero-order chi connectivity index (χ0) is 13.2. The minimum Gasteiger partial charge on any atom is -0.383 e. The van der Waals surface area contributed by atoms with Crippen LogP contribution in [0.4, 0.5) is 0 Å². The predicted molar refractivity (Wildman–Crippen MR) is 68.1 cm³/mol. The second-order valence-corrected chi connectivity index (χ2v) is 5.84. The normalized spacial score (nSPS) is 25.0. The van der Waals surface area contributed by atoms with Crippen molar-refractivity contribution in [3.05, 3.63) is 11.7 Å². The van der Waals surface area contributed by atoms with Gasteiger partial charge in [-0.3, -0.25) is 0 Å². The summed E-state index contributed by atoms with van der Waals surface area (Å²) in [7, 11) is 1.62. The molecule has 1 fully saturated rings. The maximum Gasteiger partial charge on any atom is 0.230 e. The van der Waals surface area contributed by atoms with Crippen LogP contribution < -0.4 is 5.73 Å². The van der Waals surface area contributed by atoms with E-state index in [1.54, 1.807) is 7.11 Å². The zero-order valence-electron chi connectivity index (χ0n) is 11.5. The lowest BCUT2D eigenvalue weighted by atomic mass is 9.69. The maximum absolute atomic E-state index is 5.91. The van der Waals surface area contributed by atoms with Crippen LogP contribution in [0, 0.1) is 5.41 Å². The molecule has 0 aliphatic heterocycles. The molecular weight excluding hydrogens is 230 g/mol. The fourth-order valence-corrected chi connectivity index (χ4v) is 2.75. The Morgan fingerprint density at radius 3 is 2.94 bits per heavy atom. The first kappa shape index (κ1) is 13.5. The van der Waals surface area contributed by atoms with Crippen molar-refractivity contribution >= 4 is 0 Å². The van der Waals surface area contributed by atoms with Crippen molar-refractivity contribution in [3.8, 4) is 0 Å². The number of hydrogen-bond acceptors (Lipinski definition) is 5. The first-order chi connectivity index (χ1) is 8.54. The topological polar surface area (TPSA) is 74.2 Å². The Bertz CT molecular complexity index is 389. The van der Waals surface area contributed by atoms with Crippen molar-refractivity contribution < 1.29 is 9.26 Å². The molecule has 0 aromatic carbocycles. The van der Waals surface area contributed by atoms with Crippen LogP contribution in [-0.4, -0.2) is 23.9 Å². The summed E-state index contributed by atoms with van der Waals surface area (Å²) in [5.41, 5.74) is 6.14. The van der Waals surface area contributed by atoms with Gasteiger partial charge in [0.25, 0.3) is 0 Å². The molecule has 0 radical (unpaired) electrons. The van der Waals surface area contributed by atoms with E-state index in [0.717, 1.165) is 12.3 Å². The molecular formula is C13H23N3O2. The summed E-state index contributed by atoms with van der Waals surface area (Å²) in [6, 6.07) is -0.306. The highest BCUT2D eigenvalue weighted by molar-refractivity contribution is 5.04. The molecule has 2 unspecified atom stereocenters. The standard InChI is InChI=1S/C13H23N3O2/c1-13(2)7-5-4-6-9(13)12-15-11(16-18-12)10(14)8-17-3/h9-10H,4-8,14H2,1-3H3. The second kappa shape index (κ2) is 5.36. The van der Waals surface area contributed by atoms with Gasteiger partial charge in [0.05, 0.1) is 12.6 Å². The molecule has 0 saturated heterocycles. The van der Waals surface area contributed by atoms with Crippen molar-refractivity contribution in [3.63, 3.8) is 0 Å². The van der Waals surface area contributed by atoms with E-state index in [4.69, 9.17) is 15.0 Å². The largest absolute Gasteiger partial charge is 0.383 e. The minimum atomic E-state index is -0.306. The van der Waals surface area contributed by atoms with Crippen LogP contribution in [0.25, 0.3) is 0 Å². The maximum atomic E-state index is 5.91. The van der Waals surface area contributed by atoms with Gasteiger partial charge in [-0.25, -0.2) is 0 Å². The third kappa shape index (κ3) is 2.72. The van der Waals surface area contributed by atoms with E-state index in [0.29, 0.717) is 18.3 Å². The van der Waals surface area contributed by atoms with Crippen molar-refractivity contribution in [2.75, 3.05) is 13.7 Å². The molecule has 102 valence electrons. The summed E-state index contributed by atoms with van der Waals surface area (Å²) in [5, 5.41) is 3.98. The first-order valence-corrected chi connectivity index (χ1v) is 6.62. The number of nitrogens with zero attached hydrogens (tertiary/aromatic N) is 2. The second-order valence-electron chi connectivity index (χ2n) is 5.84. The van der Waals surface area contributed by atoms with E-state index < -0.39 is 0 Å². The van der Waals surface area contributed by atoms with Crippen LogP contribution in [0.1, 0.15) is 63.2 Å². The van der Waals surface area contributed by atoms with E-state index in [2.05, 4.69) is 24.0 Å². The predicted octanol–water partition coefficient (Wildman–Crippen LogP) is 2.40. The molecule has 1 aliphatic carbocycles. The Morgan fingerprint density at radius 1 is 1.50 bits per heavy atom. The zero-order valence-corrected chi connectivity index (χ0v) is 11.5. The monoisotopic (exact) mass is 253 g/mol. The van der Waals surface area contributed by atoms with Gasteiger partial charge in [-0.05, 0) is 18.3 Å². The third-order valence-corrected chi connectivity index (χ3v) is 3.94. The minimum absolute atomic E-state index is 0.230. The van der Waals surface area contributed by atoms with Gasteiger partial charge in [-0.2, -0.15) is 4.98 Å². The van der Waals surface area contributed by atoms with Gasteiger partial charge >= 0.3 is 0 Å². The van der Waals surface area contributed by atoms with Crippen molar-refractivity contribution in [1.29, 1.82) is 0 Å². The van der Waals surface area contributed by atoms with Gasteiger partial charge in [0, 0.05) is 13.0 Å². The highest BCUT2D eigenvalue weighted by Gasteiger charge is 2.37. The molecule has 1 aromatic heterocycles. The van der Waals surface area contributed by atoms with Crippen LogP contribution in [0.2, 0.25) is 0 Å². The van der Waals surface area contributed by atoms with E-state index in [9.17, 15) is 0 Å². The molecule has 1 aliphatic rings.